The lowest BCUT2D eigenvalue weighted by molar-refractivity contribution is 0.166. The van der Waals surface area contributed by atoms with Crippen molar-refractivity contribution in [3.05, 3.63) is 71.9 Å². The molecule has 1 saturated heterocycles. The Balaban J connectivity index is 1.18. The van der Waals surface area contributed by atoms with E-state index in [4.69, 9.17) is 9.72 Å². The Hall–Kier alpha value is -3.20. The molecule has 1 aliphatic carbocycles. The molecule has 3 heterocycles. The van der Waals surface area contributed by atoms with Crippen molar-refractivity contribution in [1.82, 2.24) is 14.9 Å². The Labute approximate surface area is 209 Å². The summed E-state index contributed by atoms with van der Waals surface area (Å²) in [6.45, 7) is 1.98. The van der Waals surface area contributed by atoms with Gasteiger partial charge in [-0.05, 0) is 49.8 Å². The van der Waals surface area contributed by atoms with Crippen LogP contribution >= 0.6 is 11.3 Å². The molecule has 6 rings (SSSR count). The van der Waals surface area contributed by atoms with Crippen LogP contribution in [0.25, 0.3) is 10.2 Å². The van der Waals surface area contributed by atoms with Gasteiger partial charge in [0.05, 0.1) is 22.4 Å². The van der Waals surface area contributed by atoms with E-state index >= 15 is 0 Å². The first kappa shape index (κ1) is 22.3. The molecule has 2 aromatic carbocycles. The molecule has 1 fully saturated rings. The highest BCUT2D eigenvalue weighted by atomic mass is 32.1. The maximum Gasteiger partial charge on any atom is 0.184 e. The number of benzene rings is 2. The molecule has 1 aliphatic heterocycles. The first-order chi connectivity index (χ1) is 17.0. The smallest absolute Gasteiger partial charge is 0.184 e. The summed E-state index contributed by atoms with van der Waals surface area (Å²) in [6.07, 6.45) is 3.16. The third-order valence-corrected chi connectivity index (χ3v) is 7.96. The lowest BCUT2D eigenvalue weighted by Crippen LogP contribution is -2.31. The summed E-state index contributed by atoms with van der Waals surface area (Å²) in [7, 11) is 4.26. The van der Waals surface area contributed by atoms with Gasteiger partial charge < -0.3 is 25.0 Å². The molecule has 35 heavy (non-hydrogen) atoms. The van der Waals surface area contributed by atoms with Crippen molar-refractivity contribution in [3.63, 3.8) is 0 Å². The fraction of sp³-hybridized carbons (Fsp3) is 0.333. The second-order valence-corrected chi connectivity index (χ2v) is 10.6. The minimum Gasteiger partial charge on any atom is -0.457 e. The summed E-state index contributed by atoms with van der Waals surface area (Å²) in [5, 5.41) is 14.8. The van der Waals surface area contributed by atoms with Crippen molar-refractivity contribution >= 4 is 32.5 Å². The number of aliphatic hydroxyl groups excluding tert-OH is 1. The number of pyridine rings is 1. The molecule has 2 aromatic heterocycles. The number of nitrogens with zero attached hydrogens (tertiary/aromatic N) is 4. The van der Waals surface area contributed by atoms with Crippen LogP contribution in [0.1, 0.15) is 23.6 Å². The number of ether oxygens (including phenoxy) is 1. The number of hydrogen-bond donors (Lipinski definition) is 2. The van der Waals surface area contributed by atoms with E-state index < -0.39 is 6.10 Å². The molecule has 7 nitrogen and oxygen atoms in total. The van der Waals surface area contributed by atoms with Crippen molar-refractivity contribution in [3.8, 4) is 11.5 Å². The predicted octanol–water partition coefficient (Wildman–Crippen LogP) is 4.69. The molecular formula is C27H29N5O2S. The van der Waals surface area contributed by atoms with Crippen LogP contribution in [0.15, 0.2) is 60.8 Å². The number of aromatic nitrogens is 2. The van der Waals surface area contributed by atoms with Crippen LogP contribution < -0.4 is 15.0 Å². The van der Waals surface area contributed by atoms with Gasteiger partial charge in [-0.3, -0.25) is 0 Å². The highest BCUT2D eigenvalue weighted by Crippen LogP contribution is 2.37. The largest absolute Gasteiger partial charge is 0.457 e. The Bertz CT molecular complexity index is 1360. The van der Waals surface area contributed by atoms with Gasteiger partial charge in [-0.25, -0.2) is 9.97 Å². The molecule has 0 radical (unpaired) electrons. The quantitative estimate of drug-likeness (QED) is 0.409. The van der Waals surface area contributed by atoms with E-state index in [0.717, 1.165) is 57.7 Å². The minimum absolute atomic E-state index is 0.143. The Morgan fingerprint density at radius 1 is 1.11 bits per heavy atom. The van der Waals surface area contributed by atoms with Gasteiger partial charge in [0.1, 0.15) is 17.3 Å². The lowest BCUT2D eigenvalue weighted by atomic mass is 10.1. The standard InChI is InChI=1S/C27H29N5O2S/c1-31(2)18-10-12-32(16-18)25-15-20(9-11-28-25)34-19-7-8-22-24(14-19)35-27(29-22)30-26-21-6-4-3-5-17(21)13-23(26)33/h3-9,11,14-15,18,23,26,33H,10,12-13,16H2,1-2H3,(H,29,30)/t18-,23-,26+/m0/s1. The molecule has 3 atom stereocenters. The van der Waals surface area contributed by atoms with E-state index in [1.807, 2.05) is 48.7 Å². The van der Waals surface area contributed by atoms with Gasteiger partial charge >= 0.3 is 0 Å². The molecule has 0 unspecified atom stereocenters. The minimum atomic E-state index is -0.456. The van der Waals surface area contributed by atoms with Crippen LogP contribution in [-0.4, -0.2) is 59.3 Å². The number of fused-ring (bicyclic) bond motifs is 2. The summed E-state index contributed by atoms with van der Waals surface area (Å²) in [5.74, 6) is 2.49. The van der Waals surface area contributed by atoms with Crippen LogP contribution in [0.2, 0.25) is 0 Å². The van der Waals surface area contributed by atoms with Gasteiger partial charge in [0.15, 0.2) is 5.13 Å². The zero-order chi connectivity index (χ0) is 23.9. The molecule has 180 valence electrons. The summed E-state index contributed by atoms with van der Waals surface area (Å²) in [6, 6.07) is 18.5. The lowest BCUT2D eigenvalue weighted by Gasteiger charge is -2.21. The SMILES string of the molecule is CN(C)[C@H]1CCN(c2cc(Oc3ccc4nc(N[C@@H]5c6ccccc6C[C@@H]5O)sc4c3)ccn2)C1. The van der Waals surface area contributed by atoms with E-state index in [0.29, 0.717) is 12.5 Å². The van der Waals surface area contributed by atoms with Crippen molar-refractivity contribution in [1.29, 1.82) is 0 Å². The Morgan fingerprint density at radius 2 is 1.97 bits per heavy atom. The zero-order valence-corrected chi connectivity index (χ0v) is 20.7. The van der Waals surface area contributed by atoms with Crippen molar-refractivity contribution in [2.75, 3.05) is 37.4 Å². The molecule has 0 bridgehead atoms. The van der Waals surface area contributed by atoms with Crippen LogP contribution in [0.5, 0.6) is 11.5 Å². The summed E-state index contributed by atoms with van der Waals surface area (Å²) >= 11 is 1.57. The molecule has 0 saturated carbocycles. The van der Waals surface area contributed by atoms with Crippen LogP contribution in [-0.2, 0) is 6.42 Å². The number of aliphatic hydroxyl groups is 1. The number of rotatable bonds is 6. The molecule has 4 aromatic rings. The molecule has 2 N–H and O–H groups in total. The third kappa shape index (κ3) is 4.45. The predicted molar refractivity (Wildman–Crippen MR) is 141 cm³/mol. The second-order valence-electron chi connectivity index (χ2n) is 9.54. The van der Waals surface area contributed by atoms with E-state index in [1.165, 1.54) is 5.56 Å². The maximum atomic E-state index is 10.6. The van der Waals surface area contributed by atoms with Crippen molar-refractivity contribution in [2.45, 2.75) is 31.0 Å². The molecule has 8 heteroatoms. The normalized spacial score (nSPS) is 21.6. The van der Waals surface area contributed by atoms with E-state index in [-0.39, 0.29) is 6.04 Å². The summed E-state index contributed by atoms with van der Waals surface area (Å²) < 4.78 is 7.24. The molecule has 0 spiro atoms. The average Bonchev–Trinajstić information content (AvgIpc) is 3.57. The maximum absolute atomic E-state index is 10.6. The van der Waals surface area contributed by atoms with E-state index in [1.54, 1.807) is 11.3 Å². The van der Waals surface area contributed by atoms with Crippen molar-refractivity contribution in [2.24, 2.45) is 0 Å². The topological polar surface area (TPSA) is 73.8 Å². The van der Waals surface area contributed by atoms with Gasteiger partial charge in [-0.2, -0.15) is 0 Å². The number of anilines is 2. The average molecular weight is 488 g/mol. The first-order valence-electron chi connectivity index (χ1n) is 12.0. The third-order valence-electron chi connectivity index (χ3n) is 7.01. The number of thiazole rings is 1. The van der Waals surface area contributed by atoms with Gasteiger partial charge in [0.25, 0.3) is 0 Å². The van der Waals surface area contributed by atoms with Crippen LogP contribution in [0, 0.1) is 0 Å². The monoisotopic (exact) mass is 487 g/mol. The van der Waals surface area contributed by atoms with Crippen molar-refractivity contribution < 1.29 is 9.84 Å². The van der Waals surface area contributed by atoms with Gasteiger partial charge in [-0.15, -0.1) is 0 Å². The number of hydrogen-bond acceptors (Lipinski definition) is 8. The molecular weight excluding hydrogens is 458 g/mol. The Morgan fingerprint density at radius 3 is 2.83 bits per heavy atom. The number of likely N-dealkylation sites (N-methyl/N-ethyl adjacent to an activating group) is 1. The number of nitrogens with one attached hydrogen (secondary N) is 1. The fourth-order valence-electron chi connectivity index (χ4n) is 5.05. The van der Waals surface area contributed by atoms with E-state index in [2.05, 4.69) is 46.3 Å². The van der Waals surface area contributed by atoms with E-state index in [9.17, 15) is 5.11 Å². The molecule has 0 amide bonds. The van der Waals surface area contributed by atoms with Gasteiger partial charge in [0.2, 0.25) is 0 Å². The van der Waals surface area contributed by atoms with Crippen LogP contribution in [0.4, 0.5) is 10.9 Å². The first-order valence-corrected chi connectivity index (χ1v) is 12.8. The zero-order valence-electron chi connectivity index (χ0n) is 19.9. The second kappa shape index (κ2) is 9.11. The summed E-state index contributed by atoms with van der Waals surface area (Å²) in [4.78, 5) is 13.9. The van der Waals surface area contributed by atoms with Gasteiger partial charge in [-0.1, -0.05) is 35.6 Å². The highest BCUT2D eigenvalue weighted by Gasteiger charge is 2.31. The highest BCUT2D eigenvalue weighted by molar-refractivity contribution is 7.22. The Kier molecular flexibility index (Phi) is 5.80. The fourth-order valence-corrected chi connectivity index (χ4v) is 5.99. The summed E-state index contributed by atoms with van der Waals surface area (Å²) in [5.41, 5.74) is 3.25. The van der Waals surface area contributed by atoms with Gasteiger partial charge in [0, 0.05) is 43.9 Å². The molecule has 2 aliphatic rings. The van der Waals surface area contributed by atoms with Crippen LogP contribution in [0.3, 0.4) is 0 Å².